The quantitative estimate of drug-likeness (QED) is 0.648. The van der Waals surface area contributed by atoms with Crippen molar-refractivity contribution in [3.05, 3.63) is 46.9 Å². The summed E-state index contributed by atoms with van der Waals surface area (Å²) in [5.74, 6) is -0.0712. The van der Waals surface area contributed by atoms with Crippen molar-refractivity contribution in [1.29, 1.82) is 0 Å². The second kappa shape index (κ2) is 7.12. The molecule has 1 saturated heterocycles. The molecule has 1 aliphatic rings. The van der Waals surface area contributed by atoms with Crippen LogP contribution in [0.1, 0.15) is 24.4 Å². The number of aromatic nitrogens is 4. The first kappa shape index (κ1) is 18.8. The fourth-order valence-corrected chi connectivity index (χ4v) is 3.42. The lowest BCUT2D eigenvalue weighted by atomic mass is 10.1. The summed E-state index contributed by atoms with van der Waals surface area (Å²) in [6.45, 7) is 2.93. The summed E-state index contributed by atoms with van der Waals surface area (Å²) in [6.07, 6.45) is -3.23. The number of halogens is 4. The first-order chi connectivity index (χ1) is 13.3. The van der Waals surface area contributed by atoms with Crippen molar-refractivity contribution in [2.24, 2.45) is 0 Å². The van der Waals surface area contributed by atoms with Crippen LogP contribution in [0.5, 0.6) is 5.75 Å². The van der Waals surface area contributed by atoms with Crippen LogP contribution >= 0.6 is 11.6 Å². The molecule has 3 heterocycles. The Balaban J connectivity index is 1.53. The number of ether oxygens (including phenoxy) is 1. The zero-order valence-electron chi connectivity index (χ0n) is 14.9. The number of hydrogen-bond donors (Lipinski definition) is 0. The highest BCUT2D eigenvalue weighted by atomic mass is 35.5. The van der Waals surface area contributed by atoms with E-state index in [1.807, 2.05) is 23.1 Å². The van der Waals surface area contributed by atoms with Crippen molar-refractivity contribution in [2.75, 3.05) is 18.0 Å². The third kappa shape index (κ3) is 3.71. The van der Waals surface area contributed by atoms with Gasteiger partial charge in [0, 0.05) is 37.7 Å². The molecule has 0 N–H and O–H groups in total. The molecule has 10 heteroatoms. The van der Waals surface area contributed by atoms with E-state index in [2.05, 4.69) is 15.1 Å². The fourth-order valence-electron chi connectivity index (χ4n) is 3.24. The molecule has 0 unspecified atom stereocenters. The Morgan fingerprint density at radius 3 is 2.54 bits per heavy atom. The summed E-state index contributed by atoms with van der Waals surface area (Å²) < 4.78 is 46.1. The highest BCUT2D eigenvalue weighted by Crippen LogP contribution is 2.30. The van der Waals surface area contributed by atoms with Crippen LogP contribution in [0.2, 0.25) is 5.02 Å². The van der Waals surface area contributed by atoms with Crippen LogP contribution < -0.4 is 9.64 Å². The van der Waals surface area contributed by atoms with E-state index >= 15 is 0 Å². The second-order valence-electron chi connectivity index (χ2n) is 6.64. The highest BCUT2D eigenvalue weighted by molar-refractivity contribution is 6.32. The maximum Gasteiger partial charge on any atom is 0.453 e. The molecule has 28 heavy (non-hydrogen) atoms. The Morgan fingerprint density at radius 2 is 1.86 bits per heavy atom. The maximum absolute atomic E-state index is 13.0. The molecular weight excluding hydrogens is 395 g/mol. The van der Waals surface area contributed by atoms with E-state index in [-0.39, 0.29) is 11.9 Å². The van der Waals surface area contributed by atoms with E-state index in [4.69, 9.17) is 16.3 Å². The molecule has 1 fully saturated rings. The summed E-state index contributed by atoms with van der Waals surface area (Å²) >= 11 is 6.14. The average molecular weight is 412 g/mol. The van der Waals surface area contributed by atoms with Crippen molar-refractivity contribution in [1.82, 2.24) is 19.6 Å². The van der Waals surface area contributed by atoms with Gasteiger partial charge >= 0.3 is 6.18 Å². The number of piperidine rings is 1. The van der Waals surface area contributed by atoms with Crippen molar-refractivity contribution < 1.29 is 17.9 Å². The van der Waals surface area contributed by atoms with Gasteiger partial charge < -0.3 is 9.64 Å². The highest BCUT2D eigenvalue weighted by Gasteiger charge is 2.37. The van der Waals surface area contributed by atoms with Crippen LogP contribution in [0.15, 0.2) is 30.3 Å². The van der Waals surface area contributed by atoms with Crippen molar-refractivity contribution in [3.63, 3.8) is 0 Å². The fraction of sp³-hybridized carbons (Fsp3) is 0.389. The SMILES string of the molecule is Cc1cc(N2CCC(Oc3ccccc3Cl)CC2)n2nc(C(F)(F)F)nc2n1. The third-order valence-corrected chi connectivity index (χ3v) is 4.88. The van der Waals surface area contributed by atoms with Crippen LogP contribution in [0.3, 0.4) is 0 Å². The molecule has 1 aliphatic heterocycles. The van der Waals surface area contributed by atoms with Gasteiger partial charge in [0.25, 0.3) is 11.6 Å². The molecule has 148 valence electrons. The molecule has 0 spiro atoms. The monoisotopic (exact) mass is 411 g/mol. The van der Waals surface area contributed by atoms with Crippen LogP contribution in [-0.2, 0) is 6.18 Å². The lowest BCUT2D eigenvalue weighted by Gasteiger charge is -2.33. The van der Waals surface area contributed by atoms with E-state index in [9.17, 15) is 13.2 Å². The van der Waals surface area contributed by atoms with Gasteiger partial charge in [0.05, 0.1) is 5.02 Å². The second-order valence-corrected chi connectivity index (χ2v) is 7.04. The van der Waals surface area contributed by atoms with Crippen LogP contribution in [-0.4, -0.2) is 38.8 Å². The first-order valence-corrected chi connectivity index (χ1v) is 9.17. The molecule has 0 saturated carbocycles. The van der Waals surface area contributed by atoms with Crippen molar-refractivity contribution in [2.45, 2.75) is 32.0 Å². The molecule has 1 aromatic carbocycles. The number of alkyl halides is 3. The summed E-state index contributed by atoms with van der Waals surface area (Å²) in [7, 11) is 0. The first-order valence-electron chi connectivity index (χ1n) is 8.79. The minimum atomic E-state index is -4.62. The Hall–Kier alpha value is -2.55. The Kier molecular flexibility index (Phi) is 4.78. The molecule has 0 amide bonds. The summed E-state index contributed by atoms with van der Waals surface area (Å²) in [4.78, 5) is 9.57. The predicted molar refractivity (Wildman–Crippen MR) is 97.8 cm³/mol. The third-order valence-electron chi connectivity index (χ3n) is 4.57. The molecule has 2 aromatic heterocycles. The summed E-state index contributed by atoms with van der Waals surface area (Å²) in [6, 6.07) is 9.00. The number of para-hydroxylation sites is 1. The summed E-state index contributed by atoms with van der Waals surface area (Å²) in [5.41, 5.74) is 0.582. The van der Waals surface area contributed by atoms with Crippen LogP contribution in [0.4, 0.5) is 19.0 Å². The standard InChI is InChI=1S/C18H17ClF3N5O/c1-11-10-15(27-17(23-11)24-16(25-27)18(20,21)22)26-8-6-12(7-9-26)28-14-5-3-2-4-13(14)19/h2-5,10,12H,6-9H2,1H3. The zero-order valence-corrected chi connectivity index (χ0v) is 15.7. The van der Waals surface area contributed by atoms with Gasteiger partial charge in [0.2, 0.25) is 0 Å². The van der Waals surface area contributed by atoms with Crippen LogP contribution in [0.25, 0.3) is 5.78 Å². The van der Waals surface area contributed by atoms with E-state index in [1.165, 1.54) is 0 Å². The van der Waals surface area contributed by atoms with Gasteiger partial charge in [0.15, 0.2) is 0 Å². The van der Waals surface area contributed by atoms with Gasteiger partial charge in [-0.1, -0.05) is 23.7 Å². The van der Waals surface area contributed by atoms with Gasteiger partial charge in [0.1, 0.15) is 17.7 Å². The minimum absolute atomic E-state index is 0.0175. The number of nitrogens with zero attached hydrogens (tertiary/aromatic N) is 5. The lowest BCUT2D eigenvalue weighted by Crippen LogP contribution is -2.39. The van der Waals surface area contributed by atoms with Gasteiger partial charge in [-0.05, 0) is 19.1 Å². The number of fused-ring (bicyclic) bond motifs is 1. The molecule has 0 bridgehead atoms. The Labute approximate surface area is 163 Å². The number of rotatable bonds is 3. The van der Waals surface area contributed by atoms with Gasteiger partial charge in [-0.3, -0.25) is 0 Å². The van der Waals surface area contributed by atoms with E-state index in [1.54, 1.807) is 19.1 Å². The molecule has 0 radical (unpaired) electrons. The number of aryl methyl sites for hydroxylation is 1. The number of benzene rings is 1. The molecule has 4 rings (SSSR count). The average Bonchev–Trinajstić information content (AvgIpc) is 3.08. The largest absolute Gasteiger partial charge is 0.489 e. The topological polar surface area (TPSA) is 55.6 Å². The molecular formula is C18H17ClF3N5O. The van der Waals surface area contributed by atoms with Gasteiger partial charge in [-0.2, -0.15) is 22.7 Å². The normalized spacial score (nSPS) is 16.0. The minimum Gasteiger partial charge on any atom is -0.489 e. The predicted octanol–water partition coefficient (Wildman–Crippen LogP) is 4.15. The zero-order chi connectivity index (χ0) is 19.9. The van der Waals surface area contributed by atoms with E-state index < -0.39 is 12.0 Å². The molecule has 3 aromatic rings. The van der Waals surface area contributed by atoms with E-state index in [0.717, 1.165) is 4.52 Å². The Morgan fingerprint density at radius 1 is 1.14 bits per heavy atom. The van der Waals surface area contributed by atoms with Crippen LogP contribution in [0, 0.1) is 6.92 Å². The number of hydrogen-bond acceptors (Lipinski definition) is 5. The van der Waals surface area contributed by atoms with E-state index in [0.29, 0.717) is 48.2 Å². The summed E-state index contributed by atoms with van der Waals surface area (Å²) in [5, 5.41) is 4.18. The smallest absolute Gasteiger partial charge is 0.453 e. The van der Waals surface area contributed by atoms with Crippen molar-refractivity contribution in [3.8, 4) is 5.75 Å². The van der Waals surface area contributed by atoms with Crippen molar-refractivity contribution >= 4 is 23.2 Å². The van der Waals surface area contributed by atoms with Gasteiger partial charge in [-0.25, -0.2) is 4.98 Å². The number of anilines is 1. The molecule has 0 aliphatic carbocycles. The molecule has 6 nitrogen and oxygen atoms in total. The Bertz CT molecular complexity index is 999. The maximum atomic E-state index is 13.0. The van der Waals surface area contributed by atoms with Gasteiger partial charge in [-0.15, -0.1) is 5.10 Å². The molecule has 0 atom stereocenters. The lowest BCUT2D eigenvalue weighted by molar-refractivity contribution is -0.144.